The molecular formula is CHBrClK3O3. The first-order valence-corrected chi connectivity index (χ1v) is 0.632. The number of halogens is 2. The molecule has 9 heavy (non-hydrogen) atoms. The van der Waals surface area contributed by atoms with Gasteiger partial charge in [-0.25, -0.2) is 0 Å². The van der Waals surface area contributed by atoms with Gasteiger partial charge in [-0.3, -0.25) is 0 Å². The van der Waals surface area contributed by atoms with Crippen LogP contribution < -0.4 is 189 Å². The molecule has 0 aromatic carbocycles. The number of rotatable bonds is 0. The number of hydrogen-bond donors (Lipinski definition) is 1. The first-order chi connectivity index (χ1) is 1.73. The van der Waals surface area contributed by atoms with E-state index in [1.807, 2.05) is 0 Å². The summed E-state index contributed by atoms with van der Waals surface area (Å²) in [6.07, 6.45) is -2.08. The molecule has 0 heterocycles. The Balaban J connectivity index is -0.00000000450. The van der Waals surface area contributed by atoms with E-state index in [-0.39, 0.29) is 184 Å². The van der Waals surface area contributed by atoms with Crippen LogP contribution in [0.25, 0.3) is 0 Å². The van der Waals surface area contributed by atoms with Crippen LogP contribution in [0.15, 0.2) is 0 Å². The second-order valence-corrected chi connectivity index (χ2v) is 0.266. The zero-order chi connectivity index (χ0) is 3.58. The number of carbonyl (C=O) groups is 1. The Labute approximate surface area is 198 Å². The molecule has 0 aliphatic rings. The van der Waals surface area contributed by atoms with Crippen molar-refractivity contribution in [1.82, 2.24) is 0 Å². The van der Waals surface area contributed by atoms with Crippen molar-refractivity contribution in [3.63, 3.8) is 0 Å². The summed E-state index contributed by atoms with van der Waals surface area (Å²) >= 11 is 0. The summed E-state index contributed by atoms with van der Waals surface area (Å²) in [5, 5.41) is 15.3. The molecule has 0 saturated carbocycles. The molecule has 0 radical (unpaired) electrons. The topological polar surface area (TPSA) is 60.4 Å². The van der Waals surface area contributed by atoms with E-state index in [9.17, 15) is 0 Å². The van der Waals surface area contributed by atoms with Crippen molar-refractivity contribution in [2.24, 2.45) is 0 Å². The second-order valence-electron chi connectivity index (χ2n) is 0.266. The van der Waals surface area contributed by atoms with Gasteiger partial charge in [0.1, 0.15) is 0 Å². The molecule has 0 bridgehead atoms. The molecule has 0 spiro atoms. The van der Waals surface area contributed by atoms with Gasteiger partial charge in [0.2, 0.25) is 6.16 Å². The smallest absolute Gasteiger partial charge is 1.00 e. The van der Waals surface area contributed by atoms with Crippen molar-refractivity contribution in [3.05, 3.63) is 0 Å². The third-order valence-corrected chi connectivity index (χ3v) is 0. The summed E-state index contributed by atoms with van der Waals surface area (Å²) in [6.45, 7) is 0. The Hall–Kier alpha value is 4.95. The number of carboxylic acid groups (broad SMARTS) is 2. The summed E-state index contributed by atoms with van der Waals surface area (Å²) in [6, 6.07) is 0. The van der Waals surface area contributed by atoms with E-state index in [4.69, 9.17) is 15.0 Å². The first kappa shape index (κ1) is 37.0. The predicted molar refractivity (Wildman–Crippen MR) is 8.02 cm³/mol. The molecule has 40 valence electrons. The Morgan fingerprint density at radius 3 is 1.22 bits per heavy atom. The van der Waals surface area contributed by atoms with Crippen LogP contribution in [0.5, 0.6) is 0 Å². The van der Waals surface area contributed by atoms with Crippen molar-refractivity contribution in [1.29, 1.82) is 0 Å². The fraction of sp³-hybridized carbons (Fsp3) is 0. The molecule has 0 aromatic heterocycles. The SMILES string of the molecule is O=C([O-])O.[Br-].[Cl-].[K+].[K+].[K+]. The zero-order valence-corrected chi connectivity index (χ0v) is 17.2. The minimum absolute atomic E-state index is 0. The van der Waals surface area contributed by atoms with Gasteiger partial charge in [0.15, 0.2) is 0 Å². The minimum Gasteiger partial charge on any atom is -1.00 e. The van der Waals surface area contributed by atoms with Crippen molar-refractivity contribution in [3.8, 4) is 0 Å². The van der Waals surface area contributed by atoms with Crippen molar-refractivity contribution in [2.45, 2.75) is 0 Å². The molecule has 8 heteroatoms. The Morgan fingerprint density at radius 1 is 1.22 bits per heavy atom. The molecule has 0 fully saturated rings. The fourth-order valence-electron chi connectivity index (χ4n) is 0. The van der Waals surface area contributed by atoms with Gasteiger partial charge in [0.05, 0.1) is 0 Å². The molecule has 3 nitrogen and oxygen atoms in total. The van der Waals surface area contributed by atoms with Gasteiger partial charge >= 0.3 is 154 Å². The van der Waals surface area contributed by atoms with Gasteiger partial charge in [0, 0.05) is 0 Å². The van der Waals surface area contributed by atoms with Crippen LogP contribution in [0.2, 0.25) is 0 Å². The maximum atomic E-state index is 8.44. The fourth-order valence-corrected chi connectivity index (χ4v) is 0. The molecule has 0 atom stereocenters. The van der Waals surface area contributed by atoms with E-state index in [1.165, 1.54) is 0 Å². The van der Waals surface area contributed by atoms with Crippen LogP contribution in [0, 0.1) is 0 Å². The molecule has 0 amide bonds. The van der Waals surface area contributed by atoms with Crippen LogP contribution in [0.1, 0.15) is 0 Å². The molecule has 0 aliphatic heterocycles. The average Bonchev–Trinajstić information content (AvgIpc) is 0.811. The van der Waals surface area contributed by atoms with Crippen molar-refractivity contribution in [2.75, 3.05) is 0 Å². The summed E-state index contributed by atoms with van der Waals surface area (Å²) in [4.78, 5) is 8.44. The van der Waals surface area contributed by atoms with Crippen LogP contribution in [0.3, 0.4) is 0 Å². The van der Waals surface area contributed by atoms with E-state index < -0.39 is 6.16 Å². The summed E-state index contributed by atoms with van der Waals surface area (Å²) in [5.41, 5.74) is 0. The van der Waals surface area contributed by atoms with Gasteiger partial charge in [-0.05, 0) is 0 Å². The van der Waals surface area contributed by atoms with E-state index >= 15 is 0 Å². The molecule has 0 saturated heterocycles. The molecular weight excluding hydrogens is 293 g/mol. The normalized spacial score (nSPS) is 2.67. The summed E-state index contributed by atoms with van der Waals surface area (Å²) < 4.78 is 0. The molecule has 1 N–H and O–H groups in total. The quantitative estimate of drug-likeness (QED) is 0.451. The van der Waals surface area contributed by atoms with E-state index in [2.05, 4.69) is 0 Å². The van der Waals surface area contributed by atoms with E-state index in [1.54, 1.807) is 0 Å². The number of hydrogen-bond acceptors (Lipinski definition) is 2. The third-order valence-electron chi connectivity index (χ3n) is 0. The zero-order valence-electron chi connectivity index (χ0n) is 5.52. The van der Waals surface area contributed by atoms with Crippen molar-refractivity contribution >= 4 is 6.16 Å². The summed E-state index contributed by atoms with van der Waals surface area (Å²) in [7, 11) is 0. The minimum atomic E-state index is -2.08. The first-order valence-electron chi connectivity index (χ1n) is 0.632. The van der Waals surface area contributed by atoms with E-state index in [0.29, 0.717) is 0 Å². The monoisotopic (exact) mass is 292 g/mol. The third kappa shape index (κ3) is 63.4. The maximum Gasteiger partial charge on any atom is 1.00 e. The Morgan fingerprint density at radius 2 is 1.22 bits per heavy atom. The van der Waals surface area contributed by atoms with Gasteiger partial charge in [-0.15, -0.1) is 0 Å². The van der Waals surface area contributed by atoms with Gasteiger partial charge in [0.25, 0.3) is 0 Å². The van der Waals surface area contributed by atoms with Gasteiger partial charge < -0.3 is 44.4 Å². The van der Waals surface area contributed by atoms with E-state index in [0.717, 1.165) is 0 Å². The van der Waals surface area contributed by atoms with Crippen molar-refractivity contribution < 1.29 is 199 Å². The molecule has 0 unspecified atom stereocenters. The predicted octanol–water partition coefficient (Wildman–Crippen LogP) is -16.1. The van der Waals surface area contributed by atoms with Crippen LogP contribution in [0.4, 0.5) is 4.79 Å². The average molecular weight is 294 g/mol. The Bertz CT molecular complexity index is 42.0. The second kappa shape index (κ2) is 29.3. The summed E-state index contributed by atoms with van der Waals surface area (Å²) in [5.74, 6) is 0. The van der Waals surface area contributed by atoms with Crippen LogP contribution in [-0.4, -0.2) is 11.3 Å². The van der Waals surface area contributed by atoms with Crippen LogP contribution >= 0.6 is 0 Å². The van der Waals surface area contributed by atoms with Crippen LogP contribution in [-0.2, 0) is 0 Å². The molecule has 0 aliphatic carbocycles. The molecule has 0 rings (SSSR count). The Kier molecular flexibility index (Phi) is 120. The maximum absolute atomic E-state index is 8.44. The largest absolute Gasteiger partial charge is 1.00 e. The van der Waals surface area contributed by atoms with Gasteiger partial charge in [-0.2, -0.15) is 0 Å². The van der Waals surface area contributed by atoms with Gasteiger partial charge in [-0.1, -0.05) is 0 Å². The standard InChI is InChI=1S/CH2O3.BrH.ClH.3K/c2-1(3)4;;;;;/h(H2,2,3,4);2*1H;;;/q;;;3*+1/p-3. The molecule has 0 aromatic rings.